The van der Waals surface area contributed by atoms with E-state index in [1.807, 2.05) is 34.7 Å². The molecule has 1 aliphatic rings. The predicted molar refractivity (Wildman–Crippen MR) is 119 cm³/mol. The van der Waals surface area contributed by atoms with Crippen molar-refractivity contribution in [3.63, 3.8) is 0 Å². The molecule has 0 aromatic rings. The standard InChI is InChI=1S/C23H41N3O4/c1-9-17-10-11-18(25(7)13-17)21(27)24-20(15(4)5)22(28)26(8)19(14(2)3)12-16(6)23(29)30/h12,14-15,17-20H,9-11,13H2,1-8H3,(H,24,27)(H,29,30)/t17?,18-,19-,20+/m1/s1. The van der Waals surface area contributed by atoms with Gasteiger partial charge in [-0.25, -0.2) is 4.79 Å². The Labute approximate surface area is 181 Å². The maximum atomic E-state index is 13.3. The maximum Gasteiger partial charge on any atom is 0.331 e. The van der Waals surface area contributed by atoms with E-state index >= 15 is 0 Å². The first-order chi connectivity index (χ1) is 13.9. The summed E-state index contributed by atoms with van der Waals surface area (Å²) >= 11 is 0. The monoisotopic (exact) mass is 423 g/mol. The first-order valence-electron chi connectivity index (χ1n) is 11.1. The van der Waals surface area contributed by atoms with Crippen molar-refractivity contribution in [2.45, 2.75) is 78.9 Å². The average molecular weight is 424 g/mol. The Morgan fingerprint density at radius 3 is 2.20 bits per heavy atom. The summed E-state index contributed by atoms with van der Waals surface area (Å²) < 4.78 is 0. The summed E-state index contributed by atoms with van der Waals surface area (Å²) in [6.45, 7) is 12.3. The smallest absolute Gasteiger partial charge is 0.331 e. The molecule has 0 saturated carbocycles. The first-order valence-corrected chi connectivity index (χ1v) is 11.1. The van der Waals surface area contributed by atoms with Crippen LogP contribution in [0.2, 0.25) is 0 Å². The Hall–Kier alpha value is -1.89. The average Bonchev–Trinajstić information content (AvgIpc) is 2.67. The third-order valence-corrected chi connectivity index (χ3v) is 6.27. The lowest BCUT2D eigenvalue weighted by Gasteiger charge is -2.38. The molecule has 30 heavy (non-hydrogen) atoms. The van der Waals surface area contributed by atoms with E-state index in [-0.39, 0.29) is 41.3 Å². The Bertz CT molecular complexity index is 644. The number of likely N-dealkylation sites (N-methyl/N-ethyl adjacent to an activating group) is 2. The van der Waals surface area contributed by atoms with Crippen molar-refractivity contribution in [3.8, 4) is 0 Å². The molecule has 1 rings (SSSR count). The van der Waals surface area contributed by atoms with Crippen molar-refractivity contribution in [2.75, 3.05) is 20.6 Å². The molecule has 7 nitrogen and oxygen atoms in total. The van der Waals surface area contributed by atoms with Gasteiger partial charge in [-0.15, -0.1) is 0 Å². The molecular weight excluding hydrogens is 382 g/mol. The van der Waals surface area contributed by atoms with Crippen LogP contribution in [0.25, 0.3) is 0 Å². The fraction of sp³-hybridized carbons (Fsp3) is 0.783. The molecule has 4 atom stereocenters. The number of aliphatic carboxylic acids is 1. The van der Waals surface area contributed by atoms with Gasteiger partial charge in [0.25, 0.3) is 0 Å². The summed E-state index contributed by atoms with van der Waals surface area (Å²) in [6, 6.07) is -1.24. The number of amides is 2. The SMILES string of the molecule is CCC1CC[C@H](C(=O)N[C@H](C(=O)N(C)[C@H](C=C(C)C(=O)O)C(C)C)C(C)C)N(C)C1. The number of nitrogens with zero attached hydrogens (tertiary/aromatic N) is 2. The quantitative estimate of drug-likeness (QED) is 0.557. The number of carbonyl (C=O) groups excluding carboxylic acids is 2. The molecule has 0 bridgehead atoms. The molecule has 1 unspecified atom stereocenters. The van der Waals surface area contributed by atoms with Gasteiger partial charge in [0, 0.05) is 19.2 Å². The highest BCUT2D eigenvalue weighted by atomic mass is 16.4. The molecule has 1 heterocycles. The zero-order chi connectivity index (χ0) is 23.2. The number of rotatable bonds is 9. The van der Waals surface area contributed by atoms with Crippen LogP contribution in [0.1, 0.15) is 60.8 Å². The van der Waals surface area contributed by atoms with Crippen LogP contribution in [0, 0.1) is 17.8 Å². The molecule has 0 aromatic carbocycles. The second kappa shape index (κ2) is 11.5. The fourth-order valence-electron chi connectivity index (χ4n) is 4.11. The van der Waals surface area contributed by atoms with Gasteiger partial charge in [0.2, 0.25) is 11.8 Å². The Morgan fingerprint density at radius 1 is 1.17 bits per heavy atom. The van der Waals surface area contributed by atoms with Crippen molar-refractivity contribution in [1.29, 1.82) is 0 Å². The van der Waals surface area contributed by atoms with Gasteiger partial charge in [-0.1, -0.05) is 47.1 Å². The zero-order valence-electron chi connectivity index (χ0n) is 19.9. The van der Waals surface area contributed by atoms with Crippen molar-refractivity contribution in [1.82, 2.24) is 15.1 Å². The van der Waals surface area contributed by atoms with E-state index in [9.17, 15) is 19.5 Å². The van der Waals surface area contributed by atoms with Gasteiger partial charge in [-0.2, -0.15) is 0 Å². The molecule has 0 aromatic heterocycles. The van der Waals surface area contributed by atoms with E-state index < -0.39 is 12.0 Å². The third kappa shape index (κ3) is 6.83. The number of nitrogens with one attached hydrogen (secondary N) is 1. The fourth-order valence-corrected chi connectivity index (χ4v) is 4.11. The highest BCUT2D eigenvalue weighted by molar-refractivity contribution is 5.90. The van der Waals surface area contributed by atoms with Crippen LogP contribution < -0.4 is 5.32 Å². The van der Waals surface area contributed by atoms with Crippen molar-refractivity contribution >= 4 is 17.8 Å². The molecule has 1 aliphatic heterocycles. The van der Waals surface area contributed by atoms with Gasteiger partial charge in [0.15, 0.2) is 0 Å². The first kappa shape index (κ1) is 26.1. The number of carboxylic acid groups (broad SMARTS) is 1. The number of carboxylic acids is 1. The minimum absolute atomic E-state index is 0.0345. The third-order valence-electron chi connectivity index (χ3n) is 6.27. The number of likely N-dealkylation sites (tertiary alicyclic amines) is 1. The van der Waals surface area contributed by atoms with E-state index in [1.54, 1.807) is 18.0 Å². The van der Waals surface area contributed by atoms with Crippen LogP contribution in [-0.4, -0.2) is 71.5 Å². The van der Waals surface area contributed by atoms with Gasteiger partial charge in [0.1, 0.15) is 6.04 Å². The number of hydrogen-bond acceptors (Lipinski definition) is 4. The van der Waals surface area contributed by atoms with Crippen LogP contribution >= 0.6 is 0 Å². The van der Waals surface area contributed by atoms with Crippen molar-refractivity contribution in [3.05, 3.63) is 11.6 Å². The van der Waals surface area contributed by atoms with E-state index in [0.29, 0.717) is 5.92 Å². The molecule has 0 aliphatic carbocycles. The summed E-state index contributed by atoms with van der Waals surface area (Å²) in [4.78, 5) is 41.2. The molecule has 0 radical (unpaired) electrons. The summed E-state index contributed by atoms with van der Waals surface area (Å²) in [5.41, 5.74) is 0.202. The number of piperidine rings is 1. The molecule has 1 fully saturated rings. The van der Waals surface area contributed by atoms with Crippen LogP contribution in [0.5, 0.6) is 0 Å². The second-order valence-corrected chi connectivity index (χ2v) is 9.38. The van der Waals surface area contributed by atoms with Crippen LogP contribution in [0.15, 0.2) is 11.6 Å². The second-order valence-electron chi connectivity index (χ2n) is 9.38. The normalized spacial score (nSPS) is 22.7. The Kier molecular flexibility index (Phi) is 10.0. The van der Waals surface area contributed by atoms with Gasteiger partial charge >= 0.3 is 5.97 Å². The molecule has 2 amide bonds. The molecule has 172 valence electrons. The molecule has 7 heteroatoms. The topological polar surface area (TPSA) is 90.0 Å². The largest absolute Gasteiger partial charge is 0.478 e. The van der Waals surface area contributed by atoms with E-state index in [1.165, 1.54) is 6.92 Å². The highest BCUT2D eigenvalue weighted by Crippen LogP contribution is 2.23. The molecule has 1 saturated heterocycles. The summed E-state index contributed by atoms with van der Waals surface area (Å²) in [7, 11) is 3.65. The van der Waals surface area contributed by atoms with Gasteiger partial charge in [-0.3, -0.25) is 14.5 Å². The van der Waals surface area contributed by atoms with Gasteiger partial charge in [0.05, 0.1) is 12.1 Å². The minimum atomic E-state index is -0.999. The summed E-state index contributed by atoms with van der Waals surface area (Å²) in [6.07, 6.45) is 4.54. The molecule has 0 spiro atoms. The van der Waals surface area contributed by atoms with Crippen LogP contribution in [-0.2, 0) is 14.4 Å². The van der Waals surface area contributed by atoms with E-state index in [0.717, 1.165) is 25.8 Å². The number of hydrogen-bond donors (Lipinski definition) is 2. The van der Waals surface area contributed by atoms with Crippen molar-refractivity contribution < 1.29 is 19.5 Å². The van der Waals surface area contributed by atoms with E-state index in [2.05, 4.69) is 17.1 Å². The lowest BCUT2D eigenvalue weighted by atomic mass is 9.90. The Morgan fingerprint density at radius 2 is 1.77 bits per heavy atom. The lowest BCUT2D eigenvalue weighted by Crippen LogP contribution is -2.58. The molecule has 2 N–H and O–H groups in total. The molecular formula is C23H41N3O4. The lowest BCUT2D eigenvalue weighted by molar-refractivity contribution is -0.140. The highest BCUT2D eigenvalue weighted by Gasteiger charge is 2.35. The minimum Gasteiger partial charge on any atom is -0.478 e. The predicted octanol–water partition coefficient (Wildman–Crippen LogP) is 2.76. The van der Waals surface area contributed by atoms with E-state index in [4.69, 9.17) is 0 Å². The van der Waals surface area contributed by atoms with Crippen LogP contribution in [0.3, 0.4) is 0 Å². The Balaban J connectivity index is 2.97. The zero-order valence-corrected chi connectivity index (χ0v) is 19.9. The summed E-state index contributed by atoms with van der Waals surface area (Å²) in [5.74, 6) is -0.738. The number of carbonyl (C=O) groups is 3. The maximum absolute atomic E-state index is 13.3. The van der Waals surface area contributed by atoms with Crippen LogP contribution in [0.4, 0.5) is 0 Å². The summed E-state index contributed by atoms with van der Waals surface area (Å²) in [5, 5.41) is 12.2. The van der Waals surface area contributed by atoms with Crippen molar-refractivity contribution in [2.24, 2.45) is 17.8 Å². The van der Waals surface area contributed by atoms with Gasteiger partial charge < -0.3 is 15.3 Å². The van der Waals surface area contributed by atoms with Gasteiger partial charge in [-0.05, 0) is 44.6 Å².